The minimum atomic E-state index is -2.42. The van der Waals surface area contributed by atoms with Crippen LogP contribution in [0.15, 0.2) is 42.5 Å². The molecule has 3 aromatic rings. The van der Waals surface area contributed by atoms with Crippen molar-refractivity contribution < 1.29 is 8.42 Å². The van der Waals surface area contributed by atoms with Gasteiger partial charge in [0.25, 0.3) is 0 Å². The third kappa shape index (κ3) is 2.82. The van der Waals surface area contributed by atoms with Crippen molar-refractivity contribution in [3.05, 3.63) is 58.7 Å². The highest BCUT2D eigenvalue weighted by molar-refractivity contribution is 7.71. The highest BCUT2D eigenvalue weighted by Gasteiger charge is 2.11. The number of thiol groups is 1. The van der Waals surface area contributed by atoms with Crippen LogP contribution in [0.3, 0.4) is 0 Å². The van der Waals surface area contributed by atoms with E-state index in [0.717, 1.165) is 33.3 Å². The van der Waals surface area contributed by atoms with Crippen LogP contribution in [0.25, 0.3) is 22.0 Å². The van der Waals surface area contributed by atoms with E-state index in [1.807, 2.05) is 49.4 Å². The van der Waals surface area contributed by atoms with Crippen molar-refractivity contribution in [2.75, 3.05) is 0 Å². The lowest BCUT2D eigenvalue weighted by molar-refractivity contribution is 0.614. The van der Waals surface area contributed by atoms with Gasteiger partial charge in [-0.3, -0.25) is 0 Å². The fourth-order valence-electron chi connectivity index (χ4n) is 2.61. The predicted molar refractivity (Wildman–Crippen MR) is 87.5 cm³/mol. The van der Waals surface area contributed by atoms with Gasteiger partial charge in [0.2, 0.25) is 0 Å². The number of hydrogen-bond donors (Lipinski definition) is 2. The van der Waals surface area contributed by atoms with Crippen LogP contribution < -0.4 is 0 Å². The predicted octanol–water partition coefficient (Wildman–Crippen LogP) is 3.91. The minimum absolute atomic E-state index is 0.0650. The molecule has 21 heavy (non-hydrogen) atoms. The molecule has 0 saturated heterocycles. The Labute approximate surface area is 129 Å². The molecule has 1 aromatic heterocycles. The lowest BCUT2D eigenvalue weighted by Gasteiger charge is -2.03. The van der Waals surface area contributed by atoms with Crippen molar-refractivity contribution in [3.63, 3.8) is 0 Å². The zero-order valence-corrected chi connectivity index (χ0v) is 13.0. The number of benzene rings is 2. The van der Waals surface area contributed by atoms with E-state index in [-0.39, 0.29) is 5.75 Å². The molecule has 0 atom stereocenters. The maximum absolute atomic E-state index is 10.9. The molecule has 0 bridgehead atoms. The van der Waals surface area contributed by atoms with Crippen LogP contribution >= 0.6 is 11.6 Å². The molecule has 0 aliphatic heterocycles. The Hall–Kier alpha value is -1.78. The molecule has 1 heterocycles. The topological polar surface area (TPSA) is 49.9 Å². The van der Waals surface area contributed by atoms with Crippen LogP contribution in [0.5, 0.6) is 0 Å². The maximum Gasteiger partial charge on any atom is 0.144 e. The van der Waals surface area contributed by atoms with Gasteiger partial charge in [-0.15, -0.1) is 0 Å². The monoisotopic (exact) mass is 319 g/mol. The Balaban J connectivity index is 2.20. The highest BCUT2D eigenvalue weighted by Crippen LogP contribution is 2.33. The van der Waals surface area contributed by atoms with Gasteiger partial charge >= 0.3 is 0 Å². The molecule has 5 heteroatoms. The van der Waals surface area contributed by atoms with E-state index in [1.54, 1.807) is 0 Å². The van der Waals surface area contributed by atoms with Gasteiger partial charge in [-0.05, 0) is 42.3 Å². The summed E-state index contributed by atoms with van der Waals surface area (Å²) in [7, 11) is -2.42. The largest absolute Gasteiger partial charge is 0.358 e. The number of rotatable bonds is 3. The third-order valence-corrected chi connectivity index (χ3v) is 4.37. The summed E-state index contributed by atoms with van der Waals surface area (Å²) >= 11 is 5.94. The van der Waals surface area contributed by atoms with Gasteiger partial charge in [0.15, 0.2) is 0 Å². The summed E-state index contributed by atoms with van der Waals surface area (Å²) in [4.78, 5) is 3.34. The summed E-state index contributed by atoms with van der Waals surface area (Å²) in [6.07, 6.45) is 0. The molecule has 2 aromatic carbocycles. The second kappa shape index (κ2) is 5.54. The standard InChI is InChI=1S/C16H14ClNO2S/c1-10-16(12-3-5-13(17)6-4-12)14-8-11(9-21(19)20)2-7-15(14)18-10/h2-8,18,21H,9H2,1H3. The second-order valence-corrected chi connectivity index (χ2v) is 6.42. The molecular formula is C16H14ClNO2S. The smallest absolute Gasteiger partial charge is 0.144 e. The van der Waals surface area contributed by atoms with Gasteiger partial charge in [0.1, 0.15) is 10.7 Å². The van der Waals surface area contributed by atoms with Crippen molar-refractivity contribution in [2.45, 2.75) is 12.7 Å². The van der Waals surface area contributed by atoms with Crippen molar-refractivity contribution in [2.24, 2.45) is 0 Å². The number of hydrogen-bond acceptors (Lipinski definition) is 2. The minimum Gasteiger partial charge on any atom is -0.358 e. The van der Waals surface area contributed by atoms with E-state index < -0.39 is 10.7 Å². The van der Waals surface area contributed by atoms with Crippen molar-refractivity contribution in [1.82, 2.24) is 4.98 Å². The van der Waals surface area contributed by atoms with Gasteiger partial charge < -0.3 is 4.98 Å². The summed E-state index contributed by atoms with van der Waals surface area (Å²) in [5.41, 5.74) is 5.00. The van der Waals surface area contributed by atoms with Gasteiger partial charge in [-0.1, -0.05) is 29.8 Å². The second-order valence-electron chi connectivity index (χ2n) is 5.00. The molecule has 0 aliphatic rings. The van der Waals surface area contributed by atoms with Crippen molar-refractivity contribution >= 4 is 33.2 Å². The van der Waals surface area contributed by atoms with Crippen LogP contribution in [0.4, 0.5) is 0 Å². The zero-order valence-electron chi connectivity index (χ0n) is 11.4. The third-order valence-electron chi connectivity index (χ3n) is 3.50. The average Bonchev–Trinajstić information content (AvgIpc) is 2.75. The van der Waals surface area contributed by atoms with Gasteiger partial charge in [-0.2, -0.15) is 0 Å². The van der Waals surface area contributed by atoms with Crippen LogP contribution in [0.1, 0.15) is 11.3 Å². The Morgan fingerprint density at radius 3 is 2.48 bits per heavy atom. The van der Waals surface area contributed by atoms with Crippen LogP contribution in [0.2, 0.25) is 5.02 Å². The number of aryl methyl sites for hydroxylation is 1. The van der Waals surface area contributed by atoms with Gasteiger partial charge in [0, 0.05) is 27.2 Å². The van der Waals surface area contributed by atoms with Crippen LogP contribution in [0, 0.1) is 6.92 Å². The van der Waals surface area contributed by atoms with E-state index in [9.17, 15) is 8.42 Å². The molecule has 0 saturated carbocycles. The summed E-state index contributed by atoms with van der Waals surface area (Å²) in [5, 5.41) is 1.73. The summed E-state index contributed by atoms with van der Waals surface area (Å²) in [6.45, 7) is 2.01. The Morgan fingerprint density at radius 2 is 1.81 bits per heavy atom. The Morgan fingerprint density at radius 1 is 1.10 bits per heavy atom. The number of aromatic amines is 1. The summed E-state index contributed by atoms with van der Waals surface area (Å²) in [5.74, 6) is 0.0650. The fraction of sp³-hybridized carbons (Fsp3) is 0.125. The van der Waals surface area contributed by atoms with Gasteiger partial charge in [0.05, 0.1) is 5.75 Å². The number of aromatic nitrogens is 1. The van der Waals surface area contributed by atoms with Gasteiger partial charge in [-0.25, -0.2) is 8.42 Å². The molecule has 0 spiro atoms. The lowest BCUT2D eigenvalue weighted by atomic mass is 10.0. The van der Waals surface area contributed by atoms with Crippen LogP contribution in [-0.4, -0.2) is 13.4 Å². The highest BCUT2D eigenvalue weighted by atomic mass is 35.5. The first-order valence-corrected chi connectivity index (χ1v) is 8.27. The van der Waals surface area contributed by atoms with Crippen molar-refractivity contribution in [1.29, 1.82) is 0 Å². The molecule has 0 aliphatic carbocycles. The molecule has 108 valence electrons. The molecular weight excluding hydrogens is 306 g/mol. The van der Waals surface area contributed by atoms with E-state index in [2.05, 4.69) is 4.98 Å². The maximum atomic E-state index is 10.9. The number of fused-ring (bicyclic) bond motifs is 1. The first-order valence-electron chi connectivity index (χ1n) is 6.53. The summed E-state index contributed by atoms with van der Waals surface area (Å²) < 4.78 is 21.8. The first-order chi connectivity index (χ1) is 10.0. The average molecular weight is 320 g/mol. The number of H-pyrrole nitrogens is 1. The van der Waals surface area contributed by atoms with E-state index in [1.165, 1.54) is 0 Å². The number of nitrogens with one attached hydrogen (secondary N) is 1. The van der Waals surface area contributed by atoms with E-state index >= 15 is 0 Å². The molecule has 3 rings (SSSR count). The zero-order chi connectivity index (χ0) is 15.0. The van der Waals surface area contributed by atoms with E-state index in [0.29, 0.717) is 5.02 Å². The Kier molecular flexibility index (Phi) is 3.74. The normalized spacial score (nSPS) is 11.4. The molecule has 3 nitrogen and oxygen atoms in total. The molecule has 0 unspecified atom stereocenters. The number of halogens is 1. The van der Waals surface area contributed by atoms with Crippen LogP contribution in [-0.2, 0) is 16.5 Å². The van der Waals surface area contributed by atoms with Crippen molar-refractivity contribution in [3.8, 4) is 11.1 Å². The fourth-order valence-corrected chi connectivity index (χ4v) is 3.23. The quantitative estimate of drug-likeness (QED) is 0.719. The molecule has 0 fully saturated rings. The molecule has 0 amide bonds. The van der Waals surface area contributed by atoms with E-state index in [4.69, 9.17) is 11.6 Å². The SMILES string of the molecule is Cc1[nH]c2ccc(C[SH](=O)=O)cc2c1-c1ccc(Cl)cc1. The summed E-state index contributed by atoms with van der Waals surface area (Å²) in [6, 6.07) is 13.4. The molecule has 0 radical (unpaired) electrons. The first kappa shape index (κ1) is 14.2. The lowest BCUT2D eigenvalue weighted by Crippen LogP contribution is -1.86. The Bertz CT molecular complexity index is 871. The molecule has 1 N–H and O–H groups in total.